The summed E-state index contributed by atoms with van der Waals surface area (Å²) >= 11 is 0. The number of carbonyl (C=O) groups excluding carboxylic acids is 1. The molecule has 4 rings (SSSR count). The standard InChI is InChI=1S/C29H29F2N3O2/c1-2-19-5-3-6-20(11-19)17-32-18-28(35)27(14-21-12-24(30)16-25(31)13-21)34-29(36)23-9-8-22-7-4-10-33-26(22)15-23/h3-13,15-16,27-28,32,35H,2,14,17-18H2,1H3,(H,34,36)/t27-,28+/m0/s1. The smallest absolute Gasteiger partial charge is 0.251 e. The zero-order valence-corrected chi connectivity index (χ0v) is 20.0. The summed E-state index contributed by atoms with van der Waals surface area (Å²) in [7, 11) is 0. The molecule has 7 heteroatoms. The van der Waals surface area contributed by atoms with Gasteiger partial charge in [-0.1, -0.05) is 43.3 Å². The zero-order valence-electron chi connectivity index (χ0n) is 20.0. The first-order valence-electron chi connectivity index (χ1n) is 12.0. The second kappa shape index (κ2) is 11.8. The van der Waals surface area contributed by atoms with Gasteiger partial charge >= 0.3 is 0 Å². The van der Waals surface area contributed by atoms with Gasteiger partial charge in [-0.3, -0.25) is 9.78 Å². The molecule has 1 heterocycles. The highest BCUT2D eigenvalue weighted by Crippen LogP contribution is 2.16. The largest absolute Gasteiger partial charge is 0.390 e. The van der Waals surface area contributed by atoms with Crippen LogP contribution in [0.15, 0.2) is 79.0 Å². The molecular weight excluding hydrogens is 460 g/mol. The third-order valence-corrected chi connectivity index (χ3v) is 6.11. The topological polar surface area (TPSA) is 74.2 Å². The van der Waals surface area contributed by atoms with E-state index in [1.165, 1.54) is 17.7 Å². The van der Waals surface area contributed by atoms with Crippen LogP contribution in [0.3, 0.4) is 0 Å². The first-order chi connectivity index (χ1) is 17.4. The van der Waals surface area contributed by atoms with Crippen molar-refractivity contribution in [3.8, 4) is 0 Å². The third-order valence-electron chi connectivity index (χ3n) is 6.11. The van der Waals surface area contributed by atoms with Crippen LogP contribution in [0.25, 0.3) is 10.9 Å². The summed E-state index contributed by atoms with van der Waals surface area (Å²) in [5, 5.41) is 17.9. The van der Waals surface area contributed by atoms with Gasteiger partial charge in [0.15, 0.2) is 0 Å². The van der Waals surface area contributed by atoms with E-state index in [4.69, 9.17) is 0 Å². The Kier molecular flexibility index (Phi) is 8.36. The SMILES string of the molecule is CCc1cccc(CNC[C@@H](O)[C@H](Cc2cc(F)cc(F)c2)NC(=O)c2ccc3cccnc3c2)c1. The number of nitrogens with one attached hydrogen (secondary N) is 2. The zero-order chi connectivity index (χ0) is 25.5. The molecule has 186 valence electrons. The normalized spacial score (nSPS) is 12.9. The number of hydrogen-bond acceptors (Lipinski definition) is 4. The van der Waals surface area contributed by atoms with Gasteiger partial charge in [-0.25, -0.2) is 8.78 Å². The van der Waals surface area contributed by atoms with Gasteiger partial charge in [-0.2, -0.15) is 0 Å². The van der Waals surface area contributed by atoms with Crippen molar-refractivity contribution in [2.75, 3.05) is 6.54 Å². The fourth-order valence-corrected chi connectivity index (χ4v) is 4.19. The highest BCUT2D eigenvalue weighted by Gasteiger charge is 2.23. The monoisotopic (exact) mass is 489 g/mol. The van der Waals surface area contributed by atoms with Crippen LogP contribution in [-0.4, -0.2) is 34.7 Å². The van der Waals surface area contributed by atoms with Gasteiger partial charge in [0.25, 0.3) is 5.91 Å². The number of aliphatic hydroxyl groups is 1. The maximum absolute atomic E-state index is 13.8. The number of aromatic nitrogens is 1. The first-order valence-corrected chi connectivity index (χ1v) is 12.0. The Morgan fingerprint density at radius 3 is 2.50 bits per heavy atom. The van der Waals surface area contributed by atoms with Crippen LogP contribution >= 0.6 is 0 Å². The Bertz CT molecular complexity index is 1320. The number of aliphatic hydroxyl groups excluding tert-OH is 1. The van der Waals surface area contributed by atoms with Crippen molar-refractivity contribution < 1.29 is 18.7 Å². The Morgan fingerprint density at radius 2 is 1.72 bits per heavy atom. The van der Waals surface area contributed by atoms with Crippen LogP contribution in [-0.2, 0) is 19.4 Å². The highest BCUT2D eigenvalue weighted by atomic mass is 19.1. The van der Waals surface area contributed by atoms with Crippen LogP contribution in [0.4, 0.5) is 8.78 Å². The molecule has 36 heavy (non-hydrogen) atoms. The first kappa shape index (κ1) is 25.4. The number of halogens is 2. The molecule has 5 nitrogen and oxygen atoms in total. The average Bonchev–Trinajstić information content (AvgIpc) is 2.87. The lowest BCUT2D eigenvalue weighted by Crippen LogP contribution is -2.48. The van der Waals surface area contributed by atoms with Gasteiger partial charge in [0, 0.05) is 36.3 Å². The predicted molar refractivity (Wildman–Crippen MR) is 137 cm³/mol. The van der Waals surface area contributed by atoms with Crippen LogP contribution in [0.2, 0.25) is 0 Å². The fraction of sp³-hybridized carbons (Fsp3) is 0.241. The van der Waals surface area contributed by atoms with Crippen molar-refractivity contribution in [1.82, 2.24) is 15.6 Å². The van der Waals surface area contributed by atoms with Gasteiger partial charge in [0.2, 0.25) is 0 Å². The molecule has 3 aromatic carbocycles. The number of carbonyl (C=O) groups is 1. The van der Waals surface area contributed by atoms with Crippen molar-refractivity contribution in [3.63, 3.8) is 0 Å². The van der Waals surface area contributed by atoms with Crippen LogP contribution in [0, 0.1) is 11.6 Å². The number of hydrogen-bond donors (Lipinski definition) is 3. The van der Waals surface area contributed by atoms with Gasteiger partial charge in [-0.15, -0.1) is 0 Å². The van der Waals surface area contributed by atoms with E-state index in [2.05, 4.69) is 34.7 Å². The van der Waals surface area contributed by atoms with E-state index in [-0.39, 0.29) is 13.0 Å². The minimum absolute atomic E-state index is 0.0560. The van der Waals surface area contributed by atoms with Crippen molar-refractivity contribution in [3.05, 3.63) is 113 Å². The van der Waals surface area contributed by atoms with Crippen molar-refractivity contribution in [2.45, 2.75) is 38.5 Å². The number of benzene rings is 3. The minimum Gasteiger partial charge on any atom is -0.390 e. The fourth-order valence-electron chi connectivity index (χ4n) is 4.19. The van der Waals surface area contributed by atoms with E-state index in [0.29, 0.717) is 23.2 Å². The Balaban J connectivity index is 1.48. The van der Waals surface area contributed by atoms with E-state index in [0.717, 1.165) is 23.4 Å². The Labute approximate surface area is 209 Å². The summed E-state index contributed by atoms with van der Waals surface area (Å²) in [4.78, 5) is 17.4. The maximum Gasteiger partial charge on any atom is 0.251 e. The molecule has 1 aromatic heterocycles. The summed E-state index contributed by atoms with van der Waals surface area (Å²) in [5.74, 6) is -1.82. The molecule has 0 aliphatic rings. The molecule has 0 aliphatic heterocycles. The van der Waals surface area contributed by atoms with E-state index >= 15 is 0 Å². The number of nitrogens with zero attached hydrogens (tertiary/aromatic N) is 1. The predicted octanol–water partition coefficient (Wildman–Crippen LogP) is 4.57. The lowest BCUT2D eigenvalue weighted by atomic mass is 9.99. The molecule has 0 spiro atoms. The second-order valence-corrected chi connectivity index (χ2v) is 8.84. The summed E-state index contributed by atoms with van der Waals surface area (Å²) in [6.07, 6.45) is 1.63. The van der Waals surface area contributed by atoms with E-state index in [1.54, 1.807) is 24.4 Å². The third kappa shape index (κ3) is 6.71. The summed E-state index contributed by atoms with van der Waals surface area (Å²) in [5.41, 5.74) is 3.70. The molecule has 0 radical (unpaired) electrons. The molecule has 0 fully saturated rings. The molecular formula is C29H29F2N3O2. The molecule has 0 unspecified atom stereocenters. The van der Waals surface area contributed by atoms with Gasteiger partial charge in [0.1, 0.15) is 11.6 Å². The molecule has 4 aromatic rings. The Hall–Kier alpha value is -3.68. The minimum atomic E-state index is -1.01. The van der Waals surface area contributed by atoms with Gasteiger partial charge in [0.05, 0.1) is 17.7 Å². The van der Waals surface area contributed by atoms with Crippen LogP contribution in [0.1, 0.15) is 34.0 Å². The lowest BCUT2D eigenvalue weighted by molar-refractivity contribution is 0.0830. The summed E-state index contributed by atoms with van der Waals surface area (Å²) < 4.78 is 27.6. The average molecular weight is 490 g/mol. The van der Waals surface area contributed by atoms with Gasteiger partial charge in [-0.05, 0) is 59.9 Å². The molecule has 1 amide bonds. The number of amides is 1. The summed E-state index contributed by atoms with van der Waals surface area (Å²) in [6, 6.07) is 19.5. The molecule has 0 aliphatic carbocycles. The van der Waals surface area contributed by atoms with Crippen LogP contribution in [0.5, 0.6) is 0 Å². The quantitative estimate of drug-likeness (QED) is 0.305. The highest BCUT2D eigenvalue weighted by molar-refractivity contribution is 5.97. The molecule has 2 atom stereocenters. The van der Waals surface area contributed by atoms with Crippen molar-refractivity contribution in [1.29, 1.82) is 0 Å². The number of fused-ring (bicyclic) bond motifs is 1. The number of pyridine rings is 1. The summed E-state index contributed by atoms with van der Waals surface area (Å²) in [6.45, 7) is 2.80. The molecule has 0 bridgehead atoms. The lowest BCUT2D eigenvalue weighted by Gasteiger charge is -2.25. The van der Waals surface area contributed by atoms with E-state index in [9.17, 15) is 18.7 Å². The maximum atomic E-state index is 13.8. The van der Waals surface area contributed by atoms with Crippen LogP contribution < -0.4 is 10.6 Å². The number of rotatable bonds is 10. The van der Waals surface area contributed by atoms with E-state index < -0.39 is 29.7 Å². The van der Waals surface area contributed by atoms with E-state index in [1.807, 2.05) is 24.3 Å². The molecule has 3 N–H and O–H groups in total. The molecule has 0 saturated carbocycles. The second-order valence-electron chi connectivity index (χ2n) is 8.84. The Morgan fingerprint density at radius 1 is 0.944 bits per heavy atom. The van der Waals surface area contributed by atoms with Gasteiger partial charge < -0.3 is 15.7 Å². The van der Waals surface area contributed by atoms with Crippen molar-refractivity contribution in [2.24, 2.45) is 0 Å². The molecule has 0 saturated heterocycles. The number of aryl methyl sites for hydroxylation is 1. The van der Waals surface area contributed by atoms with Crippen molar-refractivity contribution >= 4 is 16.8 Å².